The molecule has 0 spiro atoms. The molecule has 0 aliphatic heterocycles. The molecular formula is C54H32N8O. The predicted octanol–water partition coefficient (Wildman–Crippen LogP) is 12.8. The topological polar surface area (TPSA) is 100 Å². The summed E-state index contributed by atoms with van der Waals surface area (Å²) in [4.78, 5) is 29.5. The van der Waals surface area contributed by atoms with Crippen LogP contribution in [0, 0.1) is 0 Å². The molecule has 0 aliphatic rings. The van der Waals surface area contributed by atoms with Gasteiger partial charge in [0.05, 0.1) is 33.5 Å². The second kappa shape index (κ2) is 13.9. The van der Waals surface area contributed by atoms with Crippen LogP contribution < -0.4 is 0 Å². The fourth-order valence-electron chi connectivity index (χ4n) is 9.05. The fraction of sp³-hybridized carbons (Fsp3) is 0. The summed E-state index contributed by atoms with van der Waals surface area (Å²) in [6.07, 6.45) is 3.37. The van der Waals surface area contributed by atoms with Gasteiger partial charge in [-0.15, -0.1) is 0 Å². The van der Waals surface area contributed by atoms with Crippen molar-refractivity contribution in [3.8, 4) is 56.9 Å². The number of hydrogen-bond donors (Lipinski definition) is 0. The van der Waals surface area contributed by atoms with Gasteiger partial charge in [0.2, 0.25) is 11.9 Å². The van der Waals surface area contributed by atoms with Crippen molar-refractivity contribution in [1.82, 2.24) is 39.0 Å². The summed E-state index contributed by atoms with van der Waals surface area (Å²) in [6.45, 7) is 0. The molecule has 7 aromatic carbocycles. The number of nitrogens with zero attached hydrogens (tertiary/aromatic N) is 8. The SMILES string of the molecule is c1ccc(-c2cc(-c3ccccc3)nc(-n3c4ccccc4c4cc(-c5ccc6c7ccccc7n(-c7ncnc(-c8ccc9oc%10cccnc%10c9c8)n7)c6c5)ccc43)n2)cc1. The monoisotopic (exact) mass is 808 g/mol. The molecule has 0 saturated carbocycles. The molecule has 0 N–H and O–H groups in total. The van der Waals surface area contributed by atoms with E-state index in [0.717, 1.165) is 105 Å². The quantitative estimate of drug-likeness (QED) is 0.165. The van der Waals surface area contributed by atoms with Gasteiger partial charge >= 0.3 is 0 Å². The Balaban J connectivity index is 0.961. The molecule has 0 aliphatic carbocycles. The Hall–Kier alpha value is -8.82. The molecule has 0 fully saturated rings. The van der Waals surface area contributed by atoms with Crippen molar-refractivity contribution in [2.24, 2.45) is 0 Å². The van der Waals surface area contributed by atoms with Crippen molar-refractivity contribution in [2.75, 3.05) is 0 Å². The molecule has 9 heteroatoms. The Morgan fingerprint density at radius 2 is 0.952 bits per heavy atom. The van der Waals surface area contributed by atoms with E-state index in [1.165, 1.54) is 0 Å². The first-order valence-electron chi connectivity index (χ1n) is 20.8. The zero-order chi connectivity index (χ0) is 41.4. The number of benzene rings is 7. The normalized spacial score (nSPS) is 11.8. The number of hydrogen-bond acceptors (Lipinski definition) is 7. The minimum Gasteiger partial charge on any atom is -0.454 e. The molecule has 13 rings (SSSR count). The van der Waals surface area contributed by atoms with Crippen molar-refractivity contribution < 1.29 is 4.42 Å². The number of fused-ring (bicyclic) bond motifs is 9. The number of pyridine rings is 1. The van der Waals surface area contributed by atoms with Gasteiger partial charge in [0, 0.05) is 49.8 Å². The van der Waals surface area contributed by atoms with E-state index >= 15 is 0 Å². The van der Waals surface area contributed by atoms with Crippen LogP contribution in [0.5, 0.6) is 0 Å². The molecule has 0 radical (unpaired) electrons. The molecule has 0 saturated heterocycles. The standard InChI is InChI=1S/C54H32N8O/c1-3-12-33(13-4-1)43-31-44(34-14-5-2-6-15-34)59-54(58-43)61-46-19-10-8-17-39(46)41-28-35(22-25-47(41)61)36-21-24-40-38-16-7-9-18-45(38)62(48(40)30-36)53-57-32-56-52(60-53)37-23-26-49-42(29-37)51-50(63-49)20-11-27-55-51/h1-32H. The van der Waals surface area contributed by atoms with E-state index in [1.807, 2.05) is 66.7 Å². The lowest BCUT2D eigenvalue weighted by Gasteiger charge is -2.12. The molecule has 6 aromatic heterocycles. The summed E-state index contributed by atoms with van der Waals surface area (Å²) in [7, 11) is 0. The highest BCUT2D eigenvalue weighted by Crippen LogP contribution is 2.39. The van der Waals surface area contributed by atoms with Crippen LogP contribution >= 0.6 is 0 Å². The minimum atomic E-state index is 0.532. The van der Waals surface area contributed by atoms with E-state index < -0.39 is 0 Å². The summed E-state index contributed by atoms with van der Waals surface area (Å²) in [5.74, 6) is 1.71. The molecule has 0 atom stereocenters. The summed E-state index contributed by atoms with van der Waals surface area (Å²) in [6, 6.07) is 62.7. The summed E-state index contributed by atoms with van der Waals surface area (Å²) in [5, 5.41) is 5.37. The van der Waals surface area contributed by atoms with Crippen LogP contribution in [0.2, 0.25) is 0 Å². The Morgan fingerprint density at radius 3 is 1.71 bits per heavy atom. The van der Waals surface area contributed by atoms with E-state index in [2.05, 4.69) is 134 Å². The largest absolute Gasteiger partial charge is 0.454 e. The summed E-state index contributed by atoms with van der Waals surface area (Å²) in [5.41, 5.74) is 13.2. The number of para-hydroxylation sites is 2. The third-order valence-electron chi connectivity index (χ3n) is 12.0. The van der Waals surface area contributed by atoms with E-state index in [1.54, 1.807) is 12.5 Å². The highest BCUT2D eigenvalue weighted by molar-refractivity contribution is 6.12. The molecule has 0 bridgehead atoms. The van der Waals surface area contributed by atoms with Crippen LogP contribution in [0.3, 0.4) is 0 Å². The third kappa shape index (κ3) is 5.64. The van der Waals surface area contributed by atoms with E-state index in [9.17, 15) is 0 Å². The van der Waals surface area contributed by atoms with Crippen molar-refractivity contribution in [3.05, 3.63) is 195 Å². The Morgan fingerprint density at radius 1 is 0.349 bits per heavy atom. The van der Waals surface area contributed by atoms with E-state index in [0.29, 0.717) is 17.7 Å². The molecule has 294 valence electrons. The van der Waals surface area contributed by atoms with Crippen LogP contribution in [0.25, 0.3) is 123 Å². The molecule has 0 amide bonds. The third-order valence-corrected chi connectivity index (χ3v) is 12.0. The molecular weight excluding hydrogens is 777 g/mol. The van der Waals surface area contributed by atoms with Gasteiger partial charge in [-0.3, -0.25) is 14.1 Å². The maximum absolute atomic E-state index is 6.05. The van der Waals surface area contributed by atoms with Crippen LogP contribution in [0.15, 0.2) is 199 Å². The van der Waals surface area contributed by atoms with Gasteiger partial charge in [-0.2, -0.15) is 4.98 Å². The number of aromatic nitrogens is 8. The Labute approximate surface area is 359 Å². The maximum Gasteiger partial charge on any atom is 0.238 e. The van der Waals surface area contributed by atoms with Crippen molar-refractivity contribution >= 4 is 65.7 Å². The van der Waals surface area contributed by atoms with Crippen molar-refractivity contribution in [2.45, 2.75) is 0 Å². The van der Waals surface area contributed by atoms with Crippen LogP contribution in [0.1, 0.15) is 0 Å². The van der Waals surface area contributed by atoms with Gasteiger partial charge in [-0.05, 0) is 77.9 Å². The summed E-state index contributed by atoms with van der Waals surface area (Å²) >= 11 is 0. The Bertz CT molecular complexity index is 3870. The molecule has 6 heterocycles. The van der Waals surface area contributed by atoms with Gasteiger partial charge in [0.25, 0.3) is 0 Å². The molecule has 13 aromatic rings. The lowest BCUT2D eigenvalue weighted by Crippen LogP contribution is -2.04. The highest BCUT2D eigenvalue weighted by atomic mass is 16.3. The second-order valence-electron chi connectivity index (χ2n) is 15.6. The number of rotatable bonds is 6. The van der Waals surface area contributed by atoms with Gasteiger partial charge in [0.1, 0.15) is 17.4 Å². The lowest BCUT2D eigenvalue weighted by atomic mass is 10.0. The van der Waals surface area contributed by atoms with Gasteiger partial charge < -0.3 is 4.42 Å². The zero-order valence-electron chi connectivity index (χ0n) is 33.5. The average molecular weight is 809 g/mol. The predicted molar refractivity (Wildman–Crippen MR) is 251 cm³/mol. The Kier molecular flexibility index (Phi) is 7.70. The van der Waals surface area contributed by atoms with Gasteiger partial charge in [0.15, 0.2) is 11.4 Å². The van der Waals surface area contributed by atoms with Crippen LogP contribution in [0.4, 0.5) is 0 Å². The summed E-state index contributed by atoms with van der Waals surface area (Å²) < 4.78 is 10.4. The smallest absolute Gasteiger partial charge is 0.238 e. The van der Waals surface area contributed by atoms with Crippen molar-refractivity contribution in [1.29, 1.82) is 0 Å². The minimum absolute atomic E-state index is 0.532. The zero-order valence-corrected chi connectivity index (χ0v) is 33.5. The maximum atomic E-state index is 6.05. The molecule has 63 heavy (non-hydrogen) atoms. The molecule has 9 nitrogen and oxygen atoms in total. The van der Waals surface area contributed by atoms with Gasteiger partial charge in [-0.25, -0.2) is 19.9 Å². The van der Waals surface area contributed by atoms with Crippen LogP contribution in [-0.4, -0.2) is 39.0 Å². The lowest BCUT2D eigenvalue weighted by molar-refractivity contribution is 0.668. The number of furan rings is 1. The molecule has 0 unspecified atom stereocenters. The van der Waals surface area contributed by atoms with Crippen LogP contribution in [-0.2, 0) is 0 Å². The first-order chi connectivity index (χ1) is 31.2. The highest BCUT2D eigenvalue weighted by Gasteiger charge is 2.20. The fourth-order valence-corrected chi connectivity index (χ4v) is 9.05. The van der Waals surface area contributed by atoms with E-state index in [4.69, 9.17) is 24.4 Å². The van der Waals surface area contributed by atoms with E-state index in [-0.39, 0.29) is 0 Å². The van der Waals surface area contributed by atoms with Gasteiger partial charge in [-0.1, -0.05) is 115 Å². The van der Waals surface area contributed by atoms with Crippen molar-refractivity contribution in [3.63, 3.8) is 0 Å². The average Bonchev–Trinajstić information content (AvgIpc) is 4.01. The first-order valence-corrected chi connectivity index (χ1v) is 20.8. The second-order valence-corrected chi connectivity index (χ2v) is 15.6. The first kappa shape index (κ1) is 35.0.